The number of allylic oxidation sites excluding steroid dienone is 10. The van der Waals surface area contributed by atoms with Crippen LogP contribution in [0.2, 0.25) is 0 Å². The highest BCUT2D eigenvalue weighted by molar-refractivity contribution is 7.90. The first kappa shape index (κ1) is 18.6. The minimum absolute atomic E-state index is 0.0950. The Bertz CT molecular complexity index is 1010. The first-order valence-corrected chi connectivity index (χ1v) is 9.52. The largest absolute Gasteiger partial charge is 0.497 e. The smallest absolute Gasteiger partial charge is 0.282 e. The maximum atomic E-state index is 12.6. The summed E-state index contributed by atoms with van der Waals surface area (Å²) in [5, 5.41) is 10.2. The standard InChI is InChI=1S/C20H18N2O4S/c1-26-18-8-10-19(11-9-18)27(24,25)21-20-5-3-2-4-17(20)7-6-16-12-14-22(23)15-13-16/h2-15,23H,1H3/b17-7+,21-20?. The third kappa shape index (κ3) is 4.72. The van der Waals surface area contributed by atoms with Crippen LogP contribution in [0.5, 0.6) is 5.75 Å². The van der Waals surface area contributed by atoms with Crippen LogP contribution >= 0.6 is 0 Å². The Morgan fingerprint density at radius 2 is 1.67 bits per heavy atom. The molecule has 0 atom stereocenters. The van der Waals surface area contributed by atoms with E-state index in [-0.39, 0.29) is 4.90 Å². The molecule has 3 rings (SSSR count). The van der Waals surface area contributed by atoms with Crippen molar-refractivity contribution >= 4 is 15.7 Å². The molecule has 0 spiro atoms. The topological polar surface area (TPSA) is 79.2 Å². The van der Waals surface area contributed by atoms with Gasteiger partial charge in [-0.2, -0.15) is 12.8 Å². The zero-order chi connectivity index (χ0) is 19.3. The van der Waals surface area contributed by atoms with Crippen LogP contribution in [0.15, 0.2) is 106 Å². The lowest BCUT2D eigenvalue weighted by atomic mass is 10.0. The molecule has 0 bridgehead atoms. The zero-order valence-corrected chi connectivity index (χ0v) is 15.4. The first-order chi connectivity index (χ1) is 13.0. The predicted octanol–water partition coefficient (Wildman–Crippen LogP) is 3.54. The second-order valence-corrected chi connectivity index (χ2v) is 7.25. The Labute approximate surface area is 158 Å². The molecule has 0 radical (unpaired) electrons. The fourth-order valence-electron chi connectivity index (χ4n) is 2.37. The number of hydroxylamine groups is 2. The van der Waals surface area contributed by atoms with E-state index in [1.165, 1.54) is 31.6 Å². The van der Waals surface area contributed by atoms with E-state index in [1.807, 2.05) is 12.2 Å². The molecule has 1 aliphatic heterocycles. The number of ether oxygens (including phenoxy) is 1. The number of methoxy groups -OCH3 is 1. The van der Waals surface area contributed by atoms with Crippen molar-refractivity contribution in [3.8, 4) is 5.75 Å². The molecule has 0 fully saturated rings. The molecule has 1 aromatic carbocycles. The minimum Gasteiger partial charge on any atom is -0.497 e. The van der Waals surface area contributed by atoms with Crippen molar-refractivity contribution in [1.82, 2.24) is 5.06 Å². The van der Waals surface area contributed by atoms with Crippen LogP contribution < -0.4 is 4.74 Å². The number of rotatable bonds is 4. The summed E-state index contributed by atoms with van der Waals surface area (Å²) in [6.45, 7) is 0. The van der Waals surface area contributed by atoms with Crippen LogP contribution in [-0.2, 0) is 10.0 Å². The average Bonchev–Trinajstić information content (AvgIpc) is 2.68. The van der Waals surface area contributed by atoms with Gasteiger partial charge in [0.2, 0.25) is 0 Å². The van der Waals surface area contributed by atoms with Gasteiger partial charge in [-0.3, -0.25) is 5.21 Å². The molecule has 2 aliphatic rings. The fraction of sp³-hybridized carbons (Fsp3) is 0.0500. The van der Waals surface area contributed by atoms with Crippen LogP contribution in [0, 0.1) is 0 Å². The van der Waals surface area contributed by atoms with Gasteiger partial charge in [0.15, 0.2) is 0 Å². The maximum Gasteiger partial charge on any atom is 0.282 e. The highest BCUT2D eigenvalue weighted by Crippen LogP contribution is 2.20. The van der Waals surface area contributed by atoms with Crippen LogP contribution in [0.4, 0.5) is 0 Å². The number of benzene rings is 1. The van der Waals surface area contributed by atoms with Gasteiger partial charge in [-0.05, 0) is 48.1 Å². The summed E-state index contributed by atoms with van der Waals surface area (Å²) in [5.41, 5.74) is 1.86. The SMILES string of the molecule is COc1ccc(S(=O)(=O)N=C2C=CC=C/C2=C\C=C2C=CN(O)C=C2)cc1. The summed E-state index contributed by atoms with van der Waals surface area (Å²) in [5.74, 6) is 0.573. The van der Waals surface area contributed by atoms with E-state index in [4.69, 9.17) is 4.74 Å². The normalized spacial score (nSPS) is 19.2. The van der Waals surface area contributed by atoms with Gasteiger partial charge < -0.3 is 4.74 Å². The lowest BCUT2D eigenvalue weighted by molar-refractivity contribution is 0.0105. The van der Waals surface area contributed by atoms with Crippen LogP contribution in [0.25, 0.3) is 0 Å². The van der Waals surface area contributed by atoms with Crippen molar-refractivity contribution in [3.05, 3.63) is 96.4 Å². The third-order valence-corrected chi connectivity index (χ3v) is 5.11. The number of hydrogen-bond acceptors (Lipinski definition) is 5. The Balaban J connectivity index is 1.90. The van der Waals surface area contributed by atoms with Crippen LogP contribution in [-0.4, -0.2) is 31.5 Å². The van der Waals surface area contributed by atoms with Gasteiger partial charge >= 0.3 is 0 Å². The Kier molecular flexibility index (Phi) is 5.54. The highest BCUT2D eigenvalue weighted by atomic mass is 32.2. The summed E-state index contributed by atoms with van der Waals surface area (Å²) >= 11 is 0. The van der Waals surface area contributed by atoms with Gasteiger partial charge in [0.25, 0.3) is 10.0 Å². The third-order valence-electron chi connectivity index (χ3n) is 3.81. The molecule has 0 saturated carbocycles. The summed E-state index contributed by atoms with van der Waals surface area (Å²) in [6.07, 6.45) is 17.0. The monoisotopic (exact) mass is 382 g/mol. The van der Waals surface area contributed by atoms with Gasteiger partial charge in [-0.1, -0.05) is 30.4 Å². The quantitative estimate of drug-likeness (QED) is 0.862. The van der Waals surface area contributed by atoms with E-state index in [0.29, 0.717) is 17.0 Å². The summed E-state index contributed by atoms with van der Waals surface area (Å²) in [7, 11) is -2.33. The molecule has 1 N–H and O–H groups in total. The second-order valence-electron chi connectivity index (χ2n) is 5.65. The molecule has 1 heterocycles. The van der Waals surface area contributed by atoms with E-state index in [9.17, 15) is 13.6 Å². The Morgan fingerprint density at radius 3 is 2.33 bits per heavy atom. The molecule has 7 heteroatoms. The Hall–Kier alpha value is -3.16. The molecule has 0 unspecified atom stereocenters. The van der Waals surface area contributed by atoms with Gasteiger partial charge in [0, 0.05) is 18.0 Å². The molecular formula is C20H18N2O4S. The van der Waals surface area contributed by atoms with E-state index >= 15 is 0 Å². The van der Waals surface area contributed by atoms with Crippen molar-refractivity contribution < 1.29 is 18.4 Å². The van der Waals surface area contributed by atoms with Gasteiger partial charge in [-0.15, -0.1) is 0 Å². The molecule has 27 heavy (non-hydrogen) atoms. The van der Waals surface area contributed by atoms with Crippen LogP contribution in [0.1, 0.15) is 0 Å². The number of nitrogens with zero attached hydrogens (tertiary/aromatic N) is 2. The van der Waals surface area contributed by atoms with Gasteiger partial charge in [0.05, 0.1) is 17.7 Å². The Morgan fingerprint density at radius 1 is 1.00 bits per heavy atom. The summed E-state index contributed by atoms with van der Waals surface area (Å²) in [4.78, 5) is 0.0950. The van der Waals surface area contributed by atoms with Crippen molar-refractivity contribution in [2.24, 2.45) is 4.40 Å². The molecule has 0 saturated heterocycles. The molecule has 138 valence electrons. The predicted molar refractivity (Wildman–Crippen MR) is 104 cm³/mol. The summed E-state index contributed by atoms with van der Waals surface area (Å²) in [6, 6.07) is 6.09. The lowest BCUT2D eigenvalue weighted by Crippen LogP contribution is -2.06. The second kappa shape index (κ2) is 8.03. The molecule has 0 aromatic heterocycles. The summed E-state index contributed by atoms with van der Waals surface area (Å²) < 4.78 is 34.2. The number of hydrogen-bond donors (Lipinski definition) is 1. The zero-order valence-electron chi connectivity index (χ0n) is 14.6. The lowest BCUT2D eigenvalue weighted by Gasteiger charge is -2.10. The van der Waals surface area contributed by atoms with Gasteiger partial charge in [0.1, 0.15) is 5.75 Å². The first-order valence-electron chi connectivity index (χ1n) is 8.08. The average molecular weight is 382 g/mol. The molecule has 1 aliphatic carbocycles. The molecule has 6 nitrogen and oxygen atoms in total. The minimum atomic E-state index is -3.85. The maximum absolute atomic E-state index is 12.6. The van der Waals surface area contributed by atoms with Crippen molar-refractivity contribution in [2.45, 2.75) is 4.90 Å². The highest BCUT2D eigenvalue weighted by Gasteiger charge is 2.15. The van der Waals surface area contributed by atoms with E-state index in [0.717, 1.165) is 10.6 Å². The van der Waals surface area contributed by atoms with Crippen molar-refractivity contribution in [3.63, 3.8) is 0 Å². The van der Waals surface area contributed by atoms with Crippen molar-refractivity contribution in [1.29, 1.82) is 0 Å². The van der Waals surface area contributed by atoms with Gasteiger partial charge in [-0.25, -0.2) is 5.06 Å². The molecule has 0 amide bonds. The van der Waals surface area contributed by atoms with E-state index in [2.05, 4.69) is 4.40 Å². The van der Waals surface area contributed by atoms with Crippen LogP contribution in [0.3, 0.4) is 0 Å². The molecular weight excluding hydrogens is 364 g/mol. The fourth-order valence-corrected chi connectivity index (χ4v) is 3.38. The van der Waals surface area contributed by atoms with E-state index < -0.39 is 10.0 Å². The van der Waals surface area contributed by atoms with Crippen molar-refractivity contribution in [2.75, 3.05) is 7.11 Å². The molecule has 1 aromatic rings. The number of sulfonamides is 1. The van der Waals surface area contributed by atoms with E-state index in [1.54, 1.807) is 48.6 Å².